The molecule has 0 heterocycles. The van der Waals surface area contributed by atoms with Gasteiger partial charge in [0.2, 0.25) is 5.91 Å². The number of nitrogens with one attached hydrogen (secondary N) is 1. The molecule has 0 unspecified atom stereocenters. The summed E-state index contributed by atoms with van der Waals surface area (Å²) in [6.07, 6.45) is 0. The molecule has 0 saturated carbocycles. The molecule has 14 heavy (non-hydrogen) atoms. The van der Waals surface area contributed by atoms with Crippen molar-refractivity contribution in [1.82, 2.24) is 0 Å². The van der Waals surface area contributed by atoms with Gasteiger partial charge in [-0.15, -0.1) is 0 Å². The number of hydrogen-bond acceptors (Lipinski definition) is 1. The van der Waals surface area contributed by atoms with Gasteiger partial charge in [0.25, 0.3) is 0 Å². The molecule has 0 bridgehead atoms. The molecule has 0 aliphatic carbocycles. The number of benzene rings is 1. The average molecular weight is 193 g/mol. The summed E-state index contributed by atoms with van der Waals surface area (Å²) >= 11 is 0. The number of hydrogen-bond donors (Lipinski definition) is 1. The van der Waals surface area contributed by atoms with Crippen LogP contribution >= 0.6 is 0 Å². The maximum Gasteiger partial charge on any atom is 0.226 e. The minimum absolute atomic E-state index is 0.0326. The van der Waals surface area contributed by atoms with E-state index in [4.69, 9.17) is 0 Å². The third kappa shape index (κ3) is 4.65. The first-order valence-corrected chi connectivity index (χ1v) is 5.06. The number of rotatable bonds is 2. The summed E-state index contributed by atoms with van der Waals surface area (Å²) in [7, 11) is 0. The van der Waals surface area contributed by atoms with E-state index in [1.54, 1.807) is 0 Å². The van der Waals surface area contributed by atoms with Crippen molar-refractivity contribution < 1.29 is 4.79 Å². The molecule has 1 aromatic carbocycles. The standard InChI is InChI=1S/C10H13NO.C2H6/c1-8(2)10(12)11-9-6-4-3-5-7-9;1-2/h3-8H,1-2H3,(H,11,12);1-2H3. The highest BCUT2D eigenvalue weighted by Crippen LogP contribution is 2.06. The van der Waals surface area contributed by atoms with Gasteiger partial charge in [-0.2, -0.15) is 0 Å². The summed E-state index contributed by atoms with van der Waals surface area (Å²) in [4.78, 5) is 11.2. The van der Waals surface area contributed by atoms with Gasteiger partial charge in [0, 0.05) is 11.6 Å². The molecule has 0 aliphatic rings. The predicted octanol–water partition coefficient (Wildman–Crippen LogP) is 3.31. The fraction of sp³-hybridized carbons (Fsp3) is 0.417. The highest BCUT2D eigenvalue weighted by atomic mass is 16.1. The Kier molecular flexibility index (Phi) is 6.46. The molecular weight excluding hydrogens is 174 g/mol. The lowest BCUT2D eigenvalue weighted by Gasteiger charge is -2.06. The van der Waals surface area contributed by atoms with Crippen LogP contribution < -0.4 is 5.32 Å². The van der Waals surface area contributed by atoms with Crippen LogP contribution in [0, 0.1) is 5.92 Å². The Morgan fingerprint density at radius 3 is 2.07 bits per heavy atom. The molecule has 78 valence electrons. The molecular formula is C12H19NO. The van der Waals surface area contributed by atoms with Crippen LogP contribution in [0.3, 0.4) is 0 Å². The van der Waals surface area contributed by atoms with Crippen molar-refractivity contribution in [2.75, 3.05) is 5.32 Å². The zero-order chi connectivity index (χ0) is 11.0. The highest BCUT2D eigenvalue weighted by Gasteiger charge is 2.05. The lowest BCUT2D eigenvalue weighted by molar-refractivity contribution is -0.118. The number of carbonyl (C=O) groups is 1. The molecule has 2 nitrogen and oxygen atoms in total. The third-order valence-electron chi connectivity index (χ3n) is 1.57. The van der Waals surface area contributed by atoms with Crippen LogP contribution in [0.4, 0.5) is 5.69 Å². The highest BCUT2D eigenvalue weighted by molar-refractivity contribution is 5.91. The minimum atomic E-state index is 0.0326. The second-order valence-corrected chi connectivity index (χ2v) is 3.01. The first kappa shape index (κ1) is 12.7. The van der Waals surface area contributed by atoms with Crippen molar-refractivity contribution in [3.05, 3.63) is 30.3 Å². The molecule has 0 radical (unpaired) electrons. The van der Waals surface area contributed by atoms with E-state index < -0.39 is 0 Å². The fourth-order valence-corrected chi connectivity index (χ4v) is 0.808. The molecule has 0 aliphatic heterocycles. The van der Waals surface area contributed by atoms with E-state index >= 15 is 0 Å². The second-order valence-electron chi connectivity index (χ2n) is 3.01. The Morgan fingerprint density at radius 2 is 1.64 bits per heavy atom. The van der Waals surface area contributed by atoms with Gasteiger partial charge >= 0.3 is 0 Å². The quantitative estimate of drug-likeness (QED) is 0.767. The molecule has 0 aromatic heterocycles. The van der Waals surface area contributed by atoms with Gasteiger partial charge < -0.3 is 5.32 Å². The monoisotopic (exact) mass is 193 g/mol. The Hall–Kier alpha value is -1.31. The predicted molar refractivity (Wildman–Crippen MR) is 61.3 cm³/mol. The smallest absolute Gasteiger partial charge is 0.226 e. The van der Waals surface area contributed by atoms with Crippen molar-refractivity contribution in [3.8, 4) is 0 Å². The van der Waals surface area contributed by atoms with Gasteiger partial charge in [-0.3, -0.25) is 4.79 Å². The van der Waals surface area contributed by atoms with Gasteiger partial charge in [-0.05, 0) is 12.1 Å². The molecule has 0 saturated heterocycles. The Bertz CT molecular complexity index is 254. The molecule has 1 N–H and O–H groups in total. The summed E-state index contributed by atoms with van der Waals surface area (Å²) in [5.74, 6) is 0.0893. The summed E-state index contributed by atoms with van der Waals surface area (Å²) in [6, 6.07) is 9.47. The van der Waals surface area contributed by atoms with Crippen LogP contribution in [0.25, 0.3) is 0 Å². The molecule has 0 spiro atoms. The SMILES string of the molecule is CC.CC(C)C(=O)Nc1ccccc1. The normalized spacial score (nSPS) is 8.93. The van der Waals surface area contributed by atoms with Gasteiger partial charge in [0.05, 0.1) is 0 Å². The number of amides is 1. The zero-order valence-electron chi connectivity index (χ0n) is 9.37. The first-order chi connectivity index (χ1) is 6.70. The fourth-order valence-electron chi connectivity index (χ4n) is 0.808. The van der Waals surface area contributed by atoms with Gasteiger partial charge in [0.1, 0.15) is 0 Å². The van der Waals surface area contributed by atoms with Crippen LogP contribution in [0.2, 0.25) is 0 Å². The number of anilines is 1. The summed E-state index contributed by atoms with van der Waals surface area (Å²) in [5, 5.41) is 2.80. The van der Waals surface area contributed by atoms with Crippen molar-refractivity contribution in [2.45, 2.75) is 27.7 Å². The number of carbonyl (C=O) groups excluding carboxylic acids is 1. The van der Waals surface area contributed by atoms with Gasteiger partial charge in [-0.25, -0.2) is 0 Å². The average Bonchev–Trinajstić information content (AvgIpc) is 2.22. The van der Waals surface area contributed by atoms with Crippen LogP contribution in [0.15, 0.2) is 30.3 Å². The maximum absolute atomic E-state index is 11.2. The van der Waals surface area contributed by atoms with Gasteiger partial charge in [-0.1, -0.05) is 45.9 Å². The van der Waals surface area contributed by atoms with Crippen LogP contribution in [0.5, 0.6) is 0 Å². The molecule has 1 amide bonds. The zero-order valence-corrected chi connectivity index (χ0v) is 9.37. The van der Waals surface area contributed by atoms with Crippen LogP contribution in [-0.4, -0.2) is 5.91 Å². The van der Waals surface area contributed by atoms with E-state index in [9.17, 15) is 4.79 Å². The third-order valence-corrected chi connectivity index (χ3v) is 1.57. The number of para-hydroxylation sites is 1. The van der Waals surface area contributed by atoms with Crippen molar-refractivity contribution in [1.29, 1.82) is 0 Å². The Morgan fingerprint density at radius 1 is 1.14 bits per heavy atom. The van der Waals surface area contributed by atoms with Crippen molar-refractivity contribution in [2.24, 2.45) is 5.92 Å². The lowest BCUT2D eigenvalue weighted by Crippen LogP contribution is -2.17. The summed E-state index contributed by atoms with van der Waals surface area (Å²) in [6.45, 7) is 7.75. The van der Waals surface area contributed by atoms with E-state index in [-0.39, 0.29) is 11.8 Å². The molecule has 1 rings (SSSR count). The lowest BCUT2D eigenvalue weighted by atomic mass is 10.2. The topological polar surface area (TPSA) is 29.1 Å². The van der Waals surface area contributed by atoms with E-state index in [0.29, 0.717) is 0 Å². The van der Waals surface area contributed by atoms with Crippen LogP contribution in [-0.2, 0) is 4.79 Å². The Labute approximate surface area is 86.3 Å². The molecule has 0 fully saturated rings. The summed E-state index contributed by atoms with van der Waals surface area (Å²) in [5.41, 5.74) is 0.858. The van der Waals surface area contributed by atoms with Crippen molar-refractivity contribution in [3.63, 3.8) is 0 Å². The van der Waals surface area contributed by atoms with E-state index in [2.05, 4.69) is 5.32 Å². The maximum atomic E-state index is 11.2. The van der Waals surface area contributed by atoms with E-state index in [0.717, 1.165) is 5.69 Å². The summed E-state index contributed by atoms with van der Waals surface area (Å²) < 4.78 is 0. The first-order valence-electron chi connectivity index (χ1n) is 5.06. The molecule has 0 atom stereocenters. The second kappa shape index (κ2) is 7.13. The molecule has 2 heteroatoms. The molecule has 1 aromatic rings. The van der Waals surface area contributed by atoms with Crippen LogP contribution in [0.1, 0.15) is 27.7 Å². The minimum Gasteiger partial charge on any atom is -0.326 e. The van der Waals surface area contributed by atoms with Crippen molar-refractivity contribution >= 4 is 11.6 Å². The van der Waals surface area contributed by atoms with E-state index in [1.165, 1.54) is 0 Å². The van der Waals surface area contributed by atoms with E-state index in [1.807, 2.05) is 58.0 Å². The Balaban J connectivity index is 0.000000791. The van der Waals surface area contributed by atoms with Gasteiger partial charge in [0.15, 0.2) is 0 Å². The largest absolute Gasteiger partial charge is 0.326 e.